The van der Waals surface area contributed by atoms with Crippen molar-refractivity contribution in [2.24, 2.45) is 5.10 Å². The summed E-state index contributed by atoms with van der Waals surface area (Å²) in [5.74, 6) is -1.98. The first-order valence-electron chi connectivity index (χ1n) is 9.50. The van der Waals surface area contributed by atoms with Gasteiger partial charge < -0.3 is 14.5 Å². The molecule has 10 heteroatoms. The van der Waals surface area contributed by atoms with Gasteiger partial charge in [-0.3, -0.25) is 9.59 Å². The maximum Gasteiger partial charge on any atom is 0.336 e. The Labute approximate surface area is 196 Å². The van der Waals surface area contributed by atoms with E-state index in [0.717, 1.165) is 6.07 Å². The van der Waals surface area contributed by atoms with E-state index in [-0.39, 0.29) is 11.3 Å². The highest BCUT2D eigenvalue weighted by Gasteiger charge is 2.12. The normalized spacial score (nSPS) is 11.0. The van der Waals surface area contributed by atoms with Crippen molar-refractivity contribution in [1.82, 2.24) is 10.7 Å². The summed E-state index contributed by atoms with van der Waals surface area (Å²) in [7, 11) is 0. The number of nitrogens with zero attached hydrogens (tertiary/aromatic N) is 1. The Bertz CT molecular complexity index is 1210. The summed E-state index contributed by atoms with van der Waals surface area (Å²) < 4.78 is 24.7. The van der Waals surface area contributed by atoms with Crippen LogP contribution < -0.4 is 15.5 Å². The molecule has 2 aromatic carbocycles. The van der Waals surface area contributed by atoms with Crippen molar-refractivity contribution in [3.05, 3.63) is 94.1 Å². The van der Waals surface area contributed by atoms with Crippen molar-refractivity contribution in [1.29, 1.82) is 0 Å². The average Bonchev–Trinajstić information content (AvgIpc) is 3.32. The summed E-state index contributed by atoms with van der Waals surface area (Å²) in [6.07, 6.45) is 5.43. The number of nitrogens with one attached hydrogen (secondary N) is 2. The van der Waals surface area contributed by atoms with Crippen LogP contribution in [-0.2, 0) is 9.59 Å². The largest absolute Gasteiger partial charge is 0.465 e. The molecule has 0 spiro atoms. The molecule has 8 nitrogen and oxygen atoms in total. The van der Waals surface area contributed by atoms with Crippen molar-refractivity contribution in [3.8, 4) is 5.75 Å². The van der Waals surface area contributed by atoms with E-state index < -0.39 is 30.1 Å². The molecule has 2 N–H and O–H groups in total. The van der Waals surface area contributed by atoms with Gasteiger partial charge in [-0.25, -0.2) is 14.6 Å². The van der Waals surface area contributed by atoms with Crippen LogP contribution in [0.3, 0.4) is 0 Å². The van der Waals surface area contributed by atoms with E-state index in [4.69, 9.17) is 9.15 Å². The molecule has 0 saturated heterocycles. The van der Waals surface area contributed by atoms with Crippen LogP contribution in [0.4, 0.5) is 4.39 Å². The predicted octanol–water partition coefficient (Wildman–Crippen LogP) is 3.68. The lowest BCUT2D eigenvalue weighted by Crippen LogP contribution is -2.35. The van der Waals surface area contributed by atoms with E-state index in [1.807, 2.05) is 0 Å². The Balaban J connectivity index is 1.56. The molecule has 0 bridgehead atoms. The van der Waals surface area contributed by atoms with Gasteiger partial charge in [0.15, 0.2) is 0 Å². The zero-order valence-corrected chi connectivity index (χ0v) is 18.5. The number of hydrazone groups is 1. The Kier molecular flexibility index (Phi) is 8.25. The van der Waals surface area contributed by atoms with Gasteiger partial charge >= 0.3 is 5.97 Å². The molecule has 0 aliphatic heterocycles. The van der Waals surface area contributed by atoms with Gasteiger partial charge in [-0.2, -0.15) is 5.10 Å². The smallest absolute Gasteiger partial charge is 0.336 e. The summed E-state index contributed by atoms with van der Waals surface area (Å²) in [6, 6.07) is 13.7. The van der Waals surface area contributed by atoms with Gasteiger partial charge in [0.05, 0.1) is 24.6 Å². The number of benzene rings is 2. The lowest BCUT2D eigenvalue weighted by Gasteiger charge is -2.07. The minimum absolute atomic E-state index is 0.171. The van der Waals surface area contributed by atoms with E-state index >= 15 is 0 Å². The Morgan fingerprint density at radius 3 is 2.70 bits per heavy atom. The summed E-state index contributed by atoms with van der Waals surface area (Å²) in [5, 5.41) is 6.11. The SMILES string of the molecule is O=C(CNC(=O)c1ccccc1F)N/N=C\c1cc(Br)ccc1OC(=O)/C=C/c1ccco1. The minimum atomic E-state index is -0.726. The second kappa shape index (κ2) is 11.5. The van der Waals surface area contributed by atoms with Crippen molar-refractivity contribution >= 4 is 46.0 Å². The first kappa shape index (κ1) is 23.6. The van der Waals surface area contributed by atoms with Gasteiger partial charge in [0.25, 0.3) is 11.8 Å². The lowest BCUT2D eigenvalue weighted by molar-refractivity contribution is -0.129. The zero-order chi connectivity index (χ0) is 23.6. The van der Waals surface area contributed by atoms with Gasteiger partial charge in [-0.15, -0.1) is 0 Å². The molecule has 0 aliphatic rings. The topological polar surface area (TPSA) is 110 Å². The molecule has 1 heterocycles. The zero-order valence-electron chi connectivity index (χ0n) is 17.0. The molecule has 0 fully saturated rings. The van der Waals surface area contributed by atoms with Crippen LogP contribution in [0.25, 0.3) is 6.08 Å². The molecule has 0 atom stereocenters. The van der Waals surface area contributed by atoms with Crippen molar-refractivity contribution in [3.63, 3.8) is 0 Å². The van der Waals surface area contributed by atoms with Crippen LogP contribution >= 0.6 is 15.9 Å². The molecule has 0 unspecified atom stereocenters. The van der Waals surface area contributed by atoms with Crippen molar-refractivity contribution < 1.29 is 27.9 Å². The van der Waals surface area contributed by atoms with Gasteiger partial charge in [-0.1, -0.05) is 28.1 Å². The van der Waals surface area contributed by atoms with Crippen LogP contribution in [0.1, 0.15) is 21.7 Å². The highest BCUT2D eigenvalue weighted by atomic mass is 79.9. The maximum atomic E-state index is 13.6. The summed E-state index contributed by atoms with van der Waals surface area (Å²) in [4.78, 5) is 36.0. The fourth-order valence-electron chi connectivity index (χ4n) is 2.51. The molecule has 0 saturated carbocycles. The molecule has 33 heavy (non-hydrogen) atoms. The second-order valence-electron chi connectivity index (χ2n) is 6.41. The van der Waals surface area contributed by atoms with Crippen LogP contribution in [0.2, 0.25) is 0 Å². The van der Waals surface area contributed by atoms with Gasteiger partial charge in [-0.05, 0) is 48.5 Å². The third-order valence-electron chi connectivity index (χ3n) is 4.03. The van der Waals surface area contributed by atoms with Crippen LogP contribution in [0, 0.1) is 5.82 Å². The number of carbonyl (C=O) groups is 3. The number of carbonyl (C=O) groups excluding carboxylic acids is 3. The number of esters is 1. The molecule has 0 aliphatic carbocycles. The van der Waals surface area contributed by atoms with Gasteiger partial charge in [0.2, 0.25) is 0 Å². The maximum absolute atomic E-state index is 13.6. The highest BCUT2D eigenvalue weighted by Crippen LogP contribution is 2.22. The van der Waals surface area contributed by atoms with Crippen molar-refractivity contribution in [2.75, 3.05) is 6.54 Å². The van der Waals surface area contributed by atoms with E-state index in [2.05, 4.69) is 31.8 Å². The lowest BCUT2D eigenvalue weighted by atomic mass is 10.2. The molecule has 3 aromatic rings. The number of ether oxygens (including phenoxy) is 1. The minimum Gasteiger partial charge on any atom is -0.465 e. The third kappa shape index (κ3) is 7.25. The van der Waals surface area contributed by atoms with Crippen LogP contribution in [-0.4, -0.2) is 30.5 Å². The summed E-state index contributed by atoms with van der Waals surface area (Å²) in [5.41, 5.74) is 2.47. The quantitative estimate of drug-likeness (QED) is 0.157. The molecular weight excluding hydrogens is 497 g/mol. The van der Waals surface area contributed by atoms with Crippen LogP contribution in [0.15, 0.2) is 80.9 Å². The number of hydrogen-bond acceptors (Lipinski definition) is 6. The van der Waals surface area contributed by atoms with Crippen LogP contribution in [0.5, 0.6) is 5.75 Å². The fraction of sp³-hybridized carbons (Fsp3) is 0.0435. The van der Waals surface area contributed by atoms with E-state index in [1.165, 1.54) is 42.8 Å². The van der Waals surface area contributed by atoms with E-state index in [1.54, 1.807) is 30.3 Å². The summed E-state index contributed by atoms with van der Waals surface area (Å²) >= 11 is 3.32. The van der Waals surface area contributed by atoms with Crippen molar-refractivity contribution in [2.45, 2.75) is 0 Å². The average molecular weight is 514 g/mol. The molecule has 0 radical (unpaired) electrons. The molecule has 3 rings (SSSR count). The molecule has 2 amide bonds. The standard InChI is InChI=1S/C23H17BrFN3O5/c24-16-7-9-20(33-22(30)10-8-17-4-3-11-32-17)15(12-16)13-27-28-21(29)14-26-23(31)18-5-1-2-6-19(18)25/h1-13H,14H2,(H,26,31)(H,28,29)/b10-8+,27-13-. The first-order chi connectivity index (χ1) is 15.9. The Morgan fingerprint density at radius 1 is 1.12 bits per heavy atom. The van der Waals surface area contributed by atoms with Gasteiger partial charge in [0, 0.05) is 16.1 Å². The fourth-order valence-corrected chi connectivity index (χ4v) is 2.89. The summed E-state index contributed by atoms with van der Waals surface area (Å²) in [6.45, 7) is -0.414. The number of rotatable bonds is 8. The molecule has 168 valence electrons. The first-order valence-corrected chi connectivity index (χ1v) is 10.3. The molecule has 1 aromatic heterocycles. The third-order valence-corrected chi connectivity index (χ3v) is 4.52. The monoisotopic (exact) mass is 513 g/mol. The Morgan fingerprint density at radius 2 is 1.94 bits per heavy atom. The number of halogens is 2. The highest BCUT2D eigenvalue weighted by molar-refractivity contribution is 9.10. The number of hydrogen-bond donors (Lipinski definition) is 2. The molecular formula is C23H17BrFN3O5. The van der Waals surface area contributed by atoms with Gasteiger partial charge in [0.1, 0.15) is 17.3 Å². The van der Waals surface area contributed by atoms with E-state index in [0.29, 0.717) is 15.8 Å². The number of furan rings is 1. The second-order valence-corrected chi connectivity index (χ2v) is 7.32. The number of amides is 2. The van der Waals surface area contributed by atoms with E-state index in [9.17, 15) is 18.8 Å². The predicted molar refractivity (Wildman–Crippen MR) is 122 cm³/mol. The Hall–Kier alpha value is -4.05.